The SMILES string of the molecule is CCCCCCCCCCCC(=O)Oc1cc(O)cc2oc(-c3ccc(OC)c(O)c3)cc(=O)c12. The van der Waals surface area contributed by atoms with E-state index < -0.39 is 11.4 Å². The number of phenols is 2. The first kappa shape index (κ1) is 26.1. The van der Waals surface area contributed by atoms with Crippen LogP contribution in [0.2, 0.25) is 0 Å². The molecule has 1 aromatic heterocycles. The van der Waals surface area contributed by atoms with Crippen LogP contribution < -0.4 is 14.9 Å². The van der Waals surface area contributed by atoms with Gasteiger partial charge in [0.15, 0.2) is 16.9 Å². The van der Waals surface area contributed by atoms with Crippen LogP contribution in [-0.2, 0) is 4.79 Å². The Hall–Kier alpha value is -3.48. The zero-order chi connectivity index (χ0) is 25.2. The molecule has 0 saturated carbocycles. The van der Waals surface area contributed by atoms with Crippen LogP contribution in [0.15, 0.2) is 45.6 Å². The molecule has 0 bridgehead atoms. The number of aromatic hydroxyl groups is 2. The molecule has 0 aliphatic heterocycles. The fraction of sp³-hybridized carbons (Fsp3) is 0.429. The lowest BCUT2D eigenvalue weighted by Crippen LogP contribution is -2.10. The van der Waals surface area contributed by atoms with Crippen LogP contribution in [0.3, 0.4) is 0 Å². The molecular formula is C28H34O7. The van der Waals surface area contributed by atoms with Gasteiger partial charge in [0.1, 0.15) is 28.2 Å². The molecule has 188 valence electrons. The molecule has 0 atom stereocenters. The van der Waals surface area contributed by atoms with E-state index in [1.165, 1.54) is 69.9 Å². The average molecular weight is 483 g/mol. The maximum absolute atomic E-state index is 12.9. The van der Waals surface area contributed by atoms with E-state index in [4.69, 9.17) is 13.9 Å². The van der Waals surface area contributed by atoms with Crippen LogP contribution in [0.4, 0.5) is 0 Å². The van der Waals surface area contributed by atoms with Crippen LogP contribution >= 0.6 is 0 Å². The highest BCUT2D eigenvalue weighted by molar-refractivity contribution is 5.89. The third-order valence-corrected chi connectivity index (χ3v) is 5.95. The number of ether oxygens (including phenoxy) is 2. The van der Waals surface area contributed by atoms with Crippen molar-refractivity contribution in [3.8, 4) is 34.3 Å². The molecule has 7 nitrogen and oxygen atoms in total. The van der Waals surface area contributed by atoms with Gasteiger partial charge in [0.25, 0.3) is 0 Å². The summed E-state index contributed by atoms with van der Waals surface area (Å²) in [5.74, 6) is -0.299. The van der Waals surface area contributed by atoms with Gasteiger partial charge in [0.05, 0.1) is 7.11 Å². The van der Waals surface area contributed by atoms with Crippen molar-refractivity contribution in [2.75, 3.05) is 7.11 Å². The number of hydrogen-bond donors (Lipinski definition) is 2. The van der Waals surface area contributed by atoms with Gasteiger partial charge in [-0.05, 0) is 24.6 Å². The lowest BCUT2D eigenvalue weighted by Gasteiger charge is -2.10. The van der Waals surface area contributed by atoms with Gasteiger partial charge in [-0.2, -0.15) is 0 Å². The molecule has 2 N–H and O–H groups in total. The van der Waals surface area contributed by atoms with E-state index in [1.807, 2.05) is 0 Å². The Morgan fingerprint density at radius 2 is 1.57 bits per heavy atom. The number of esters is 1. The highest BCUT2D eigenvalue weighted by atomic mass is 16.5. The molecule has 0 aliphatic carbocycles. The lowest BCUT2D eigenvalue weighted by molar-refractivity contribution is -0.134. The minimum atomic E-state index is -0.455. The largest absolute Gasteiger partial charge is 0.508 e. The molecule has 0 fully saturated rings. The average Bonchev–Trinajstić information content (AvgIpc) is 2.82. The molecule has 3 rings (SSSR count). The third kappa shape index (κ3) is 7.25. The van der Waals surface area contributed by atoms with Gasteiger partial charge < -0.3 is 24.1 Å². The number of rotatable bonds is 13. The summed E-state index contributed by atoms with van der Waals surface area (Å²) in [7, 11) is 1.44. The first-order valence-electron chi connectivity index (χ1n) is 12.3. The van der Waals surface area contributed by atoms with Crippen LogP contribution in [-0.4, -0.2) is 23.3 Å². The molecule has 3 aromatic rings. The number of unbranched alkanes of at least 4 members (excludes halogenated alkanes) is 8. The Kier molecular flexibility index (Phi) is 9.58. The second-order valence-electron chi connectivity index (χ2n) is 8.73. The van der Waals surface area contributed by atoms with Gasteiger partial charge >= 0.3 is 5.97 Å². The van der Waals surface area contributed by atoms with E-state index in [0.29, 0.717) is 12.0 Å². The number of carbonyl (C=O) groups is 1. The fourth-order valence-electron chi connectivity index (χ4n) is 4.06. The molecular weight excluding hydrogens is 448 g/mol. The summed E-state index contributed by atoms with van der Waals surface area (Å²) in [6.45, 7) is 2.21. The summed E-state index contributed by atoms with van der Waals surface area (Å²) < 4.78 is 16.3. The smallest absolute Gasteiger partial charge is 0.311 e. The Balaban J connectivity index is 1.66. The van der Waals surface area contributed by atoms with E-state index in [9.17, 15) is 19.8 Å². The van der Waals surface area contributed by atoms with E-state index in [1.54, 1.807) is 12.1 Å². The highest BCUT2D eigenvalue weighted by Crippen LogP contribution is 2.34. The van der Waals surface area contributed by atoms with Gasteiger partial charge in [-0.25, -0.2) is 0 Å². The zero-order valence-electron chi connectivity index (χ0n) is 20.5. The highest BCUT2D eigenvalue weighted by Gasteiger charge is 2.17. The number of benzene rings is 2. The Morgan fingerprint density at radius 1 is 0.886 bits per heavy atom. The molecule has 0 unspecified atom stereocenters. The van der Waals surface area contributed by atoms with Crippen LogP contribution in [0.5, 0.6) is 23.0 Å². The maximum Gasteiger partial charge on any atom is 0.311 e. The molecule has 0 amide bonds. The zero-order valence-corrected chi connectivity index (χ0v) is 20.5. The molecule has 0 saturated heterocycles. The minimum absolute atomic E-state index is 0.0289. The summed E-state index contributed by atoms with van der Waals surface area (Å²) in [5.41, 5.74) is 0.102. The molecule has 0 aliphatic rings. The van der Waals surface area contributed by atoms with Crippen molar-refractivity contribution in [2.24, 2.45) is 0 Å². The van der Waals surface area contributed by atoms with Crippen molar-refractivity contribution >= 4 is 16.9 Å². The Morgan fingerprint density at radius 3 is 2.23 bits per heavy atom. The summed E-state index contributed by atoms with van der Waals surface area (Å²) in [6, 6.07) is 8.40. The molecule has 0 radical (unpaired) electrons. The van der Waals surface area contributed by atoms with E-state index in [-0.39, 0.29) is 46.1 Å². The Bertz CT molecular complexity index is 1200. The number of phenolic OH excluding ortho intramolecular Hbond substituents is 2. The molecule has 7 heteroatoms. The standard InChI is InChI=1S/C28H34O7/c1-3-4-5-6-7-8-9-10-11-12-27(32)35-26-17-20(29)16-25-28(26)22(31)18-24(34-25)19-13-14-23(33-2)21(30)15-19/h13-18,29-30H,3-12H2,1-2H3. The molecule has 35 heavy (non-hydrogen) atoms. The van der Waals surface area contributed by atoms with Crippen LogP contribution in [0, 0.1) is 0 Å². The minimum Gasteiger partial charge on any atom is -0.508 e. The summed E-state index contributed by atoms with van der Waals surface area (Å²) >= 11 is 0. The van der Waals surface area contributed by atoms with E-state index >= 15 is 0 Å². The predicted molar refractivity (Wildman–Crippen MR) is 135 cm³/mol. The van der Waals surface area contributed by atoms with Crippen molar-refractivity contribution in [3.63, 3.8) is 0 Å². The van der Waals surface area contributed by atoms with Gasteiger partial charge in [-0.1, -0.05) is 58.3 Å². The van der Waals surface area contributed by atoms with Crippen molar-refractivity contribution < 1.29 is 28.9 Å². The van der Waals surface area contributed by atoms with Crippen LogP contribution in [0.1, 0.15) is 71.1 Å². The second kappa shape index (κ2) is 12.8. The molecule has 2 aromatic carbocycles. The lowest BCUT2D eigenvalue weighted by atomic mass is 10.1. The number of carbonyl (C=O) groups excluding carboxylic acids is 1. The first-order chi connectivity index (χ1) is 16.9. The van der Waals surface area contributed by atoms with E-state index in [0.717, 1.165) is 12.8 Å². The number of fused-ring (bicyclic) bond motifs is 1. The summed E-state index contributed by atoms with van der Waals surface area (Å²) in [6.07, 6.45) is 10.5. The quantitative estimate of drug-likeness (QED) is 0.158. The summed E-state index contributed by atoms with van der Waals surface area (Å²) in [4.78, 5) is 25.3. The monoisotopic (exact) mass is 482 g/mol. The normalized spacial score (nSPS) is 11.0. The van der Waals surface area contributed by atoms with E-state index in [2.05, 4.69) is 6.92 Å². The van der Waals surface area contributed by atoms with Crippen molar-refractivity contribution in [2.45, 2.75) is 71.1 Å². The van der Waals surface area contributed by atoms with Crippen molar-refractivity contribution in [3.05, 3.63) is 46.6 Å². The second-order valence-corrected chi connectivity index (χ2v) is 8.73. The fourth-order valence-corrected chi connectivity index (χ4v) is 4.06. The van der Waals surface area contributed by atoms with Crippen molar-refractivity contribution in [1.29, 1.82) is 0 Å². The van der Waals surface area contributed by atoms with Crippen molar-refractivity contribution in [1.82, 2.24) is 0 Å². The molecule has 0 spiro atoms. The van der Waals surface area contributed by atoms with Gasteiger partial charge in [0.2, 0.25) is 0 Å². The predicted octanol–water partition coefficient (Wildman–Crippen LogP) is 6.71. The third-order valence-electron chi connectivity index (χ3n) is 5.95. The molecule has 1 heterocycles. The topological polar surface area (TPSA) is 106 Å². The Labute approximate surface area is 205 Å². The van der Waals surface area contributed by atoms with Crippen LogP contribution in [0.25, 0.3) is 22.3 Å². The number of hydrogen-bond acceptors (Lipinski definition) is 7. The summed E-state index contributed by atoms with van der Waals surface area (Å²) in [5, 5.41) is 20.2. The number of methoxy groups -OCH3 is 1. The van der Waals surface area contributed by atoms with Gasteiger partial charge in [0, 0.05) is 30.2 Å². The maximum atomic E-state index is 12.9. The van der Waals surface area contributed by atoms with Gasteiger partial charge in [-0.15, -0.1) is 0 Å². The first-order valence-corrected chi connectivity index (χ1v) is 12.3. The van der Waals surface area contributed by atoms with Gasteiger partial charge in [-0.3, -0.25) is 9.59 Å².